The minimum absolute atomic E-state index is 0.0149. The van der Waals surface area contributed by atoms with E-state index in [9.17, 15) is 14.4 Å². The number of rotatable bonds is 2. The van der Waals surface area contributed by atoms with Crippen molar-refractivity contribution < 1.29 is 14.4 Å². The average molecular weight is 332 g/mol. The molecule has 0 bridgehead atoms. The maximum atomic E-state index is 12.6. The summed E-state index contributed by atoms with van der Waals surface area (Å²) in [6, 6.07) is 3.10. The van der Waals surface area contributed by atoms with Crippen molar-refractivity contribution in [2.45, 2.75) is 33.2 Å². The van der Waals surface area contributed by atoms with Crippen LogP contribution >= 0.6 is 0 Å². The van der Waals surface area contributed by atoms with Crippen LogP contribution in [-0.4, -0.2) is 64.2 Å². The fourth-order valence-corrected chi connectivity index (χ4v) is 2.49. The molecule has 0 aliphatic carbocycles. The van der Waals surface area contributed by atoms with E-state index in [-0.39, 0.29) is 29.0 Å². The fraction of sp³-hybridized carbons (Fsp3) is 0.529. The van der Waals surface area contributed by atoms with E-state index in [2.05, 4.69) is 10.3 Å². The number of hydrogen-bond donors (Lipinski definition) is 1. The molecule has 1 saturated heterocycles. The van der Waals surface area contributed by atoms with Crippen molar-refractivity contribution in [1.82, 2.24) is 20.1 Å². The van der Waals surface area contributed by atoms with Crippen LogP contribution in [0.4, 0.5) is 0 Å². The van der Waals surface area contributed by atoms with Crippen LogP contribution in [0.1, 0.15) is 48.5 Å². The molecule has 7 nitrogen and oxygen atoms in total. The van der Waals surface area contributed by atoms with E-state index >= 15 is 0 Å². The zero-order chi connectivity index (χ0) is 17.9. The van der Waals surface area contributed by atoms with E-state index in [0.717, 1.165) is 0 Å². The predicted octanol–water partition coefficient (Wildman–Crippen LogP) is 0.914. The first-order valence-electron chi connectivity index (χ1n) is 8.01. The summed E-state index contributed by atoms with van der Waals surface area (Å²) >= 11 is 0. The summed E-state index contributed by atoms with van der Waals surface area (Å²) < 4.78 is 0. The van der Waals surface area contributed by atoms with Gasteiger partial charge >= 0.3 is 0 Å². The Hall–Kier alpha value is -2.44. The van der Waals surface area contributed by atoms with Crippen molar-refractivity contribution in [3.63, 3.8) is 0 Å². The molecule has 1 N–H and O–H groups in total. The maximum Gasteiger partial charge on any atom is 0.272 e. The van der Waals surface area contributed by atoms with Crippen LogP contribution in [-0.2, 0) is 4.79 Å². The molecule has 3 amide bonds. The highest BCUT2D eigenvalue weighted by atomic mass is 16.2. The van der Waals surface area contributed by atoms with Crippen LogP contribution < -0.4 is 5.32 Å². The molecule has 0 radical (unpaired) electrons. The number of piperazine rings is 1. The molecule has 7 heteroatoms. The van der Waals surface area contributed by atoms with Gasteiger partial charge in [-0.3, -0.25) is 19.4 Å². The smallest absolute Gasteiger partial charge is 0.272 e. The van der Waals surface area contributed by atoms with E-state index in [1.165, 1.54) is 19.2 Å². The number of amides is 3. The molecule has 0 unspecified atom stereocenters. The summed E-state index contributed by atoms with van der Waals surface area (Å²) in [5, 5.41) is 2.86. The first kappa shape index (κ1) is 17.9. The Morgan fingerprint density at radius 1 is 1.08 bits per heavy atom. The summed E-state index contributed by atoms with van der Waals surface area (Å²) in [7, 11) is 0. The monoisotopic (exact) mass is 332 g/mol. The van der Waals surface area contributed by atoms with Crippen molar-refractivity contribution >= 4 is 17.7 Å². The molecule has 130 valence electrons. The van der Waals surface area contributed by atoms with Crippen molar-refractivity contribution in [2.75, 3.05) is 26.2 Å². The predicted molar refractivity (Wildman–Crippen MR) is 89.6 cm³/mol. The van der Waals surface area contributed by atoms with Crippen molar-refractivity contribution in [3.05, 3.63) is 29.6 Å². The maximum absolute atomic E-state index is 12.6. The number of nitrogens with one attached hydrogen (secondary N) is 1. The minimum atomic E-state index is -0.354. The SMILES string of the molecule is CC(=O)N1CCN(C(=O)c2cc(C(=O)NC(C)(C)C)ccn2)CC1. The number of carbonyl (C=O) groups is 3. The Labute approximate surface area is 142 Å². The molecule has 0 atom stereocenters. The highest BCUT2D eigenvalue weighted by molar-refractivity contribution is 5.98. The van der Waals surface area contributed by atoms with Crippen molar-refractivity contribution in [2.24, 2.45) is 0 Å². The van der Waals surface area contributed by atoms with Gasteiger partial charge in [0.05, 0.1) is 0 Å². The zero-order valence-electron chi connectivity index (χ0n) is 14.6. The second kappa shape index (κ2) is 6.98. The van der Waals surface area contributed by atoms with Gasteiger partial charge in [0.25, 0.3) is 11.8 Å². The Kier molecular flexibility index (Phi) is 5.21. The van der Waals surface area contributed by atoms with Gasteiger partial charge in [-0.05, 0) is 32.9 Å². The third kappa shape index (κ3) is 4.53. The zero-order valence-corrected chi connectivity index (χ0v) is 14.6. The van der Waals surface area contributed by atoms with E-state index in [0.29, 0.717) is 31.7 Å². The van der Waals surface area contributed by atoms with Crippen molar-refractivity contribution in [1.29, 1.82) is 0 Å². The highest BCUT2D eigenvalue weighted by Crippen LogP contribution is 2.10. The van der Waals surface area contributed by atoms with E-state index in [1.807, 2.05) is 20.8 Å². The molecule has 0 saturated carbocycles. The summed E-state index contributed by atoms with van der Waals surface area (Å²) in [6.07, 6.45) is 1.47. The van der Waals surface area contributed by atoms with E-state index in [1.54, 1.807) is 15.9 Å². The Balaban J connectivity index is 2.07. The van der Waals surface area contributed by atoms with Gasteiger partial charge in [0.15, 0.2) is 0 Å². The first-order valence-corrected chi connectivity index (χ1v) is 8.01. The van der Waals surface area contributed by atoms with Crippen LogP contribution in [0.2, 0.25) is 0 Å². The van der Waals surface area contributed by atoms with Gasteiger partial charge in [-0.25, -0.2) is 0 Å². The van der Waals surface area contributed by atoms with Gasteiger partial charge in [-0.2, -0.15) is 0 Å². The summed E-state index contributed by atoms with van der Waals surface area (Å²) in [4.78, 5) is 43.6. The third-order valence-electron chi connectivity index (χ3n) is 3.74. The molecule has 1 aliphatic heterocycles. The summed E-state index contributed by atoms with van der Waals surface area (Å²) in [5.74, 6) is -0.440. The molecule has 1 fully saturated rings. The fourth-order valence-electron chi connectivity index (χ4n) is 2.49. The molecule has 0 aromatic carbocycles. The second-order valence-electron chi connectivity index (χ2n) is 6.93. The topological polar surface area (TPSA) is 82.6 Å². The molecule has 0 spiro atoms. The first-order chi connectivity index (χ1) is 11.2. The van der Waals surface area contributed by atoms with Gasteiger partial charge in [0, 0.05) is 50.4 Å². The molecule has 1 aromatic heterocycles. The Bertz CT molecular complexity index is 643. The minimum Gasteiger partial charge on any atom is -0.347 e. The van der Waals surface area contributed by atoms with E-state index < -0.39 is 0 Å². The molecular weight excluding hydrogens is 308 g/mol. The van der Waals surface area contributed by atoms with Crippen LogP contribution in [0.5, 0.6) is 0 Å². The van der Waals surface area contributed by atoms with Gasteiger partial charge in [0.2, 0.25) is 5.91 Å². The van der Waals surface area contributed by atoms with Crippen LogP contribution in [0.15, 0.2) is 18.3 Å². The molecule has 2 heterocycles. The lowest BCUT2D eigenvalue weighted by Gasteiger charge is -2.34. The van der Waals surface area contributed by atoms with E-state index in [4.69, 9.17) is 0 Å². The lowest BCUT2D eigenvalue weighted by atomic mass is 10.1. The summed E-state index contributed by atoms with van der Waals surface area (Å²) in [6.45, 7) is 9.19. The number of pyridine rings is 1. The molecule has 1 aliphatic rings. The van der Waals surface area contributed by atoms with Gasteiger partial charge in [0.1, 0.15) is 5.69 Å². The molecule has 1 aromatic rings. The number of hydrogen-bond acceptors (Lipinski definition) is 4. The summed E-state index contributed by atoms with van der Waals surface area (Å²) in [5.41, 5.74) is 0.298. The largest absolute Gasteiger partial charge is 0.347 e. The number of nitrogens with zero attached hydrogens (tertiary/aromatic N) is 3. The molecule has 2 rings (SSSR count). The highest BCUT2D eigenvalue weighted by Gasteiger charge is 2.25. The second-order valence-corrected chi connectivity index (χ2v) is 6.93. The Morgan fingerprint density at radius 3 is 2.21 bits per heavy atom. The van der Waals surface area contributed by atoms with Gasteiger partial charge < -0.3 is 15.1 Å². The normalized spacial score (nSPS) is 15.2. The lowest BCUT2D eigenvalue weighted by molar-refractivity contribution is -0.130. The third-order valence-corrected chi connectivity index (χ3v) is 3.74. The average Bonchev–Trinajstić information content (AvgIpc) is 2.53. The molecular formula is C17H24N4O3. The molecule has 24 heavy (non-hydrogen) atoms. The van der Waals surface area contributed by atoms with Gasteiger partial charge in [-0.1, -0.05) is 0 Å². The van der Waals surface area contributed by atoms with Crippen LogP contribution in [0.25, 0.3) is 0 Å². The quantitative estimate of drug-likeness (QED) is 0.873. The van der Waals surface area contributed by atoms with Crippen molar-refractivity contribution in [3.8, 4) is 0 Å². The number of aromatic nitrogens is 1. The van der Waals surface area contributed by atoms with Gasteiger partial charge in [-0.15, -0.1) is 0 Å². The number of carbonyl (C=O) groups excluding carboxylic acids is 3. The van der Waals surface area contributed by atoms with Crippen LogP contribution in [0.3, 0.4) is 0 Å². The Morgan fingerprint density at radius 2 is 1.67 bits per heavy atom. The van der Waals surface area contributed by atoms with Crippen LogP contribution in [0, 0.1) is 0 Å². The lowest BCUT2D eigenvalue weighted by Crippen LogP contribution is -2.50. The standard InChI is InChI=1S/C17H24N4O3/c1-12(22)20-7-9-21(10-8-20)16(24)14-11-13(5-6-18-14)15(23)19-17(2,3)4/h5-6,11H,7-10H2,1-4H3,(H,19,23).